The normalized spacial score (nSPS) is 24.2. The van der Waals surface area contributed by atoms with Crippen LogP contribution >= 0.6 is 0 Å². The summed E-state index contributed by atoms with van der Waals surface area (Å²) in [7, 11) is 4.49. The molecule has 1 aliphatic heterocycles. The molecule has 2 fully saturated rings. The monoisotopic (exact) mass is 447 g/mol. The van der Waals surface area contributed by atoms with Crippen molar-refractivity contribution in [3.63, 3.8) is 0 Å². The number of aromatic amines is 1. The zero-order chi connectivity index (χ0) is 22.8. The van der Waals surface area contributed by atoms with Crippen molar-refractivity contribution in [2.45, 2.75) is 62.8 Å². The molecule has 1 N–H and O–H groups in total. The highest BCUT2D eigenvalue weighted by molar-refractivity contribution is 5.85. The van der Waals surface area contributed by atoms with Gasteiger partial charge in [0.1, 0.15) is 5.82 Å². The molecule has 5 rings (SSSR count). The zero-order valence-electron chi connectivity index (χ0n) is 20.2. The number of H-pyrrole nitrogens is 1. The molecule has 2 heterocycles. The van der Waals surface area contributed by atoms with Crippen LogP contribution in [-0.4, -0.2) is 54.1 Å². The van der Waals surface area contributed by atoms with Crippen LogP contribution in [0.1, 0.15) is 61.3 Å². The van der Waals surface area contributed by atoms with Crippen molar-refractivity contribution in [2.75, 3.05) is 33.7 Å². The maximum absolute atomic E-state index is 14.2. The van der Waals surface area contributed by atoms with Gasteiger partial charge in [-0.15, -0.1) is 0 Å². The summed E-state index contributed by atoms with van der Waals surface area (Å²) in [5.74, 6) is 0.395. The highest BCUT2D eigenvalue weighted by Gasteiger charge is 2.38. The fraction of sp³-hybridized carbons (Fsp3) is 0.517. The number of halogens is 1. The Bertz CT molecular complexity index is 1060. The molecule has 1 saturated carbocycles. The van der Waals surface area contributed by atoms with Crippen molar-refractivity contribution >= 4 is 10.9 Å². The Hall–Kier alpha value is -2.17. The molecule has 2 aromatic carbocycles. The molecular formula is C29H38FN3. The van der Waals surface area contributed by atoms with Crippen molar-refractivity contribution < 1.29 is 4.39 Å². The molecule has 1 aliphatic carbocycles. The first-order chi connectivity index (χ1) is 16.0. The van der Waals surface area contributed by atoms with Gasteiger partial charge in [0.15, 0.2) is 0 Å². The Morgan fingerprint density at radius 3 is 2.45 bits per heavy atom. The van der Waals surface area contributed by atoms with Crippen molar-refractivity contribution in [1.29, 1.82) is 0 Å². The molecule has 176 valence electrons. The summed E-state index contributed by atoms with van der Waals surface area (Å²) in [6, 6.07) is 16.2. The van der Waals surface area contributed by atoms with Gasteiger partial charge in [-0.1, -0.05) is 30.3 Å². The first-order valence-corrected chi connectivity index (χ1v) is 12.8. The molecule has 1 saturated heterocycles. The number of nitrogens with one attached hydrogen (secondary N) is 1. The lowest BCUT2D eigenvalue weighted by atomic mass is 9.71. The maximum Gasteiger partial charge on any atom is 0.123 e. The van der Waals surface area contributed by atoms with E-state index in [1.165, 1.54) is 68.4 Å². The molecule has 0 amide bonds. The zero-order valence-corrected chi connectivity index (χ0v) is 20.2. The smallest absolute Gasteiger partial charge is 0.123 e. The van der Waals surface area contributed by atoms with Gasteiger partial charge < -0.3 is 14.8 Å². The van der Waals surface area contributed by atoms with E-state index in [0.717, 1.165) is 30.3 Å². The lowest BCUT2D eigenvalue weighted by Crippen LogP contribution is -2.48. The SMILES string of the molecule is CN(C)C1(Cc2ccccc2)CCC(c2[nH]c3ccc(F)cc3c2CCN2CCCC2)CC1. The van der Waals surface area contributed by atoms with Crippen LogP contribution in [0.4, 0.5) is 4.39 Å². The van der Waals surface area contributed by atoms with Crippen LogP contribution in [-0.2, 0) is 12.8 Å². The van der Waals surface area contributed by atoms with E-state index in [9.17, 15) is 4.39 Å². The largest absolute Gasteiger partial charge is 0.358 e. The van der Waals surface area contributed by atoms with Crippen LogP contribution < -0.4 is 0 Å². The molecular weight excluding hydrogens is 409 g/mol. The van der Waals surface area contributed by atoms with E-state index in [1.54, 1.807) is 12.1 Å². The summed E-state index contributed by atoms with van der Waals surface area (Å²) >= 11 is 0. The highest BCUT2D eigenvalue weighted by Crippen LogP contribution is 2.44. The predicted octanol–water partition coefficient (Wildman–Crippen LogP) is 6.15. The Morgan fingerprint density at radius 2 is 1.76 bits per heavy atom. The molecule has 3 aromatic rings. The topological polar surface area (TPSA) is 22.3 Å². The third-order valence-electron chi connectivity index (χ3n) is 8.43. The summed E-state index contributed by atoms with van der Waals surface area (Å²) in [6.07, 6.45) is 9.47. The maximum atomic E-state index is 14.2. The van der Waals surface area contributed by atoms with E-state index in [1.807, 2.05) is 6.07 Å². The van der Waals surface area contributed by atoms with Crippen molar-refractivity contribution in [3.8, 4) is 0 Å². The number of rotatable bonds is 7. The molecule has 0 unspecified atom stereocenters. The van der Waals surface area contributed by atoms with Gasteiger partial charge >= 0.3 is 0 Å². The average molecular weight is 448 g/mol. The second-order valence-electron chi connectivity index (χ2n) is 10.6. The lowest BCUT2D eigenvalue weighted by Gasteiger charge is -2.45. The van der Waals surface area contributed by atoms with Crippen molar-refractivity contribution in [2.24, 2.45) is 0 Å². The Balaban J connectivity index is 1.38. The van der Waals surface area contributed by atoms with Crippen LogP contribution in [0.3, 0.4) is 0 Å². The van der Waals surface area contributed by atoms with E-state index in [4.69, 9.17) is 0 Å². The number of hydrogen-bond donors (Lipinski definition) is 1. The first-order valence-electron chi connectivity index (χ1n) is 12.8. The standard InChI is InChI=1S/C29H38FN3/c1-32(2)29(21-22-8-4-3-5-9-22)15-12-23(13-16-29)28-25(14-19-33-17-6-7-18-33)26-20-24(30)10-11-27(26)31-28/h3-5,8-11,20,23,31H,6-7,12-19,21H2,1-2H3. The fourth-order valence-corrected chi connectivity index (χ4v) is 6.34. The third kappa shape index (κ3) is 4.74. The molecule has 3 nitrogen and oxygen atoms in total. The summed E-state index contributed by atoms with van der Waals surface area (Å²) in [6.45, 7) is 3.50. The Kier molecular flexibility index (Phi) is 6.58. The number of fused-ring (bicyclic) bond motifs is 1. The minimum Gasteiger partial charge on any atom is -0.358 e. The number of hydrogen-bond acceptors (Lipinski definition) is 2. The minimum atomic E-state index is -0.131. The molecule has 0 bridgehead atoms. The molecule has 4 heteroatoms. The molecule has 33 heavy (non-hydrogen) atoms. The number of likely N-dealkylation sites (tertiary alicyclic amines) is 1. The lowest BCUT2D eigenvalue weighted by molar-refractivity contribution is 0.0920. The van der Waals surface area contributed by atoms with E-state index in [2.05, 4.69) is 59.2 Å². The highest BCUT2D eigenvalue weighted by atomic mass is 19.1. The van der Waals surface area contributed by atoms with Gasteiger partial charge in [0.25, 0.3) is 0 Å². The van der Waals surface area contributed by atoms with Crippen molar-refractivity contribution in [1.82, 2.24) is 14.8 Å². The molecule has 0 atom stereocenters. The fourth-order valence-electron chi connectivity index (χ4n) is 6.34. The van der Waals surface area contributed by atoms with Crippen LogP contribution in [0.2, 0.25) is 0 Å². The van der Waals surface area contributed by atoms with Crippen molar-refractivity contribution in [3.05, 3.63) is 71.2 Å². The number of aromatic nitrogens is 1. The van der Waals surface area contributed by atoms with E-state index in [-0.39, 0.29) is 11.4 Å². The van der Waals surface area contributed by atoms with Gasteiger partial charge in [-0.3, -0.25) is 0 Å². The Labute approximate surface area is 198 Å². The predicted molar refractivity (Wildman–Crippen MR) is 135 cm³/mol. The van der Waals surface area contributed by atoms with E-state index < -0.39 is 0 Å². The molecule has 0 spiro atoms. The quantitative estimate of drug-likeness (QED) is 0.469. The van der Waals surface area contributed by atoms with Crippen LogP contribution in [0.5, 0.6) is 0 Å². The second-order valence-corrected chi connectivity index (χ2v) is 10.6. The van der Waals surface area contributed by atoms with E-state index >= 15 is 0 Å². The van der Waals surface area contributed by atoms with Gasteiger partial charge in [0, 0.05) is 28.7 Å². The third-order valence-corrected chi connectivity index (χ3v) is 8.43. The molecule has 2 aliphatic rings. The van der Waals surface area contributed by atoms with Crippen LogP contribution in [0.25, 0.3) is 10.9 Å². The minimum absolute atomic E-state index is 0.131. The van der Waals surface area contributed by atoms with Gasteiger partial charge in [-0.2, -0.15) is 0 Å². The summed E-state index contributed by atoms with van der Waals surface area (Å²) in [5, 5.41) is 1.10. The second kappa shape index (κ2) is 9.60. The van der Waals surface area contributed by atoms with Crippen LogP contribution in [0.15, 0.2) is 48.5 Å². The average Bonchev–Trinajstić information content (AvgIpc) is 3.46. The molecule has 1 aromatic heterocycles. The van der Waals surface area contributed by atoms with Gasteiger partial charge in [0.2, 0.25) is 0 Å². The summed E-state index contributed by atoms with van der Waals surface area (Å²) in [4.78, 5) is 8.78. The summed E-state index contributed by atoms with van der Waals surface area (Å²) in [5.41, 5.74) is 5.48. The first kappa shape index (κ1) is 22.6. The van der Waals surface area contributed by atoms with E-state index in [0.29, 0.717) is 5.92 Å². The number of nitrogens with zero attached hydrogens (tertiary/aromatic N) is 2. The summed E-state index contributed by atoms with van der Waals surface area (Å²) < 4.78 is 14.2. The van der Waals surface area contributed by atoms with Gasteiger partial charge in [-0.05, 0) is 114 Å². The van der Waals surface area contributed by atoms with Gasteiger partial charge in [-0.25, -0.2) is 4.39 Å². The van der Waals surface area contributed by atoms with Gasteiger partial charge in [0.05, 0.1) is 0 Å². The number of likely N-dealkylation sites (N-methyl/N-ethyl adjacent to an activating group) is 1. The molecule has 0 radical (unpaired) electrons. The Morgan fingerprint density at radius 1 is 1.03 bits per heavy atom. The number of benzene rings is 2. The van der Waals surface area contributed by atoms with Crippen LogP contribution in [0, 0.1) is 5.82 Å².